The number of hydrogen-bond donors (Lipinski definition) is 2. The highest BCUT2D eigenvalue weighted by Crippen LogP contribution is 2.19. The van der Waals surface area contributed by atoms with Crippen molar-refractivity contribution in [3.8, 4) is 0 Å². The van der Waals surface area contributed by atoms with E-state index < -0.39 is 5.97 Å². The van der Waals surface area contributed by atoms with E-state index in [1.165, 1.54) is 0 Å². The van der Waals surface area contributed by atoms with Crippen molar-refractivity contribution in [1.82, 2.24) is 10.3 Å². The molecule has 0 unspecified atom stereocenters. The van der Waals surface area contributed by atoms with E-state index in [-0.39, 0.29) is 25.0 Å². The Labute approximate surface area is 143 Å². The smallest absolute Gasteiger partial charge is 0.310 e. The second kappa shape index (κ2) is 7.31. The summed E-state index contributed by atoms with van der Waals surface area (Å²) in [6, 6.07) is 11.5. The average Bonchev–Trinajstić information content (AvgIpc) is 3.23. The van der Waals surface area contributed by atoms with E-state index in [0.717, 1.165) is 21.3 Å². The average molecular weight is 342 g/mol. The monoisotopic (exact) mass is 342 g/mol. The Balaban J connectivity index is 1.49. The molecule has 0 aliphatic rings. The molecule has 1 aromatic carbocycles. The SMILES string of the molecule is C[C@@H](NC(=O)COC(=O)Cc1c[nH]c2ccccc12)c1cccs1. The van der Waals surface area contributed by atoms with Crippen molar-refractivity contribution in [2.75, 3.05) is 6.61 Å². The summed E-state index contributed by atoms with van der Waals surface area (Å²) in [5.74, 6) is -0.721. The van der Waals surface area contributed by atoms with Gasteiger partial charge in [-0.1, -0.05) is 24.3 Å². The molecule has 24 heavy (non-hydrogen) atoms. The van der Waals surface area contributed by atoms with E-state index in [0.29, 0.717) is 0 Å². The van der Waals surface area contributed by atoms with Crippen molar-refractivity contribution >= 4 is 34.1 Å². The van der Waals surface area contributed by atoms with Gasteiger partial charge in [0.25, 0.3) is 5.91 Å². The third-order valence-electron chi connectivity index (χ3n) is 3.72. The second-order valence-electron chi connectivity index (χ2n) is 5.50. The minimum absolute atomic E-state index is 0.0928. The third-order valence-corrected chi connectivity index (χ3v) is 4.78. The number of nitrogens with one attached hydrogen (secondary N) is 2. The quantitative estimate of drug-likeness (QED) is 0.676. The van der Waals surface area contributed by atoms with Crippen LogP contribution in [0.5, 0.6) is 0 Å². The van der Waals surface area contributed by atoms with E-state index in [1.807, 2.05) is 48.7 Å². The summed E-state index contributed by atoms with van der Waals surface area (Å²) < 4.78 is 5.08. The molecular weight excluding hydrogens is 324 g/mol. The summed E-state index contributed by atoms with van der Waals surface area (Å²) in [4.78, 5) is 28.0. The van der Waals surface area contributed by atoms with Crippen molar-refractivity contribution in [2.24, 2.45) is 0 Å². The number of carbonyl (C=O) groups is 2. The molecule has 3 aromatic rings. The van der Waals surface area contributed by atoms with Crippen LogP contribution in [0, 0.1) is 0 Å². The van der Waals surface area contributed by atoms with Crippen LogP contribution < -0.4 is 5.32 Å². The van der Waals surface area contributed by atoms with E-state index >= 15 is 0 Å². The number of carbonyl (C=O) groups excluding carboxylic acids is 2. The number of esters is 1. The lowest BCUT2D eigenvalue weighted by molar-refractivity contribution is -0.148. The van der Waals surface area contributed by atoms with Gasteiger partial charge in [0, 0.05) is 22.0 Å². The van der Waals surface area contributed by atoms with E-state index in [4.69, 9.17) is 4.74 Å². The lowest BCUT2D eigenvalue weighted by Crippen LogP contribution is -2.31. The normalized spacial score (nSPS) is 12.0. The number of H-pyrrole nitrogens is 1. The number of rotatable bonds is 6. The van der Waals surface area contributed by atoms with Crippen LogP contribution in [0.15, 0.2) is 48.0 Å². The molecule has 0 saturated heterocycles. The number of amides is 1. The number of thiophene rings is 1. The van der Waals surface area contributed by atoms with Crippen molar-refractivity contribution in [1.29, 1.82) is 0 Å². The Kier molecular flexibility index (Phi) is 4.96. The molecule has 6 heteroatoms. The summed E-state index contributed by atoms with van der Waals surface area (Å²) in [5, 5.41) is 5.76. The van der Waals surface area contributed by atoms with E-state index in [1.54, 1.807) is 17.5 Å². The molecular formula is C18H18N2O3S. The third kappa shape index (κ3) is 3.83. The number of aromatic nitrogens is 1. The van der Waals surface area contributed by atoms with Crippen LogP contribution in [0.4, 0.5) is 0 Å². The van der Waals surface area contributed by atoms with Gasteiger partial charge in [0.1, 0.15) is 0 Å². The lowest BCUT2D eigenvalue weighted by Gasteiger charge is -2.12. The molecule has 0 spiro atoms. The molecule has 2 heterocycles. The Hall–Kier alpha value is -2.60. The van der Waals surface area contributed by atoms with Gasteiger partial charge in [-0.15, -0.1) is 11.3 Å². The van der Waals surface area contributed by atoms with E-state index in [2.05, 4.69) is 10.3 Å². The zero-order valence-electron chi connectivity index (χ0n) is 13.2. The molecule has 2 N–H and O–H groups in total. The van der Waals surface area contributed by atoms with Crippen LogP contribution in [-0.4, -0.2) is 23.5 Å². The van der Waals surface area contributed by atoms with Crippen LogP contribution in [-0.2, 0) is 20.7 Å². The van der Waals surface area contributed by atoms with Gasteiger partial charge < -0.3 is 15.0 Å². The number of fused-ring (bicyclic) bond motifs is 1. The van der Waals surface area contributed by atoms with Gasteiger partial charge in [-0.25, -0.2) is 0 Å². The minimum atomic E-state index is -0.418. The fraction of sp³-hybridized carbons (Fsp3) is 0.222. The minimum Gasteiger partial charge on any atom is -0.455 e. The van der Waals surface area contributed by atoms with E-state index in [9.17, 15) is 9.59 Å². The fourth-order valence-electron chi connectivity index (χ4n) is 2.52. The Morgan fingerprint density at radius 1 is 1.25 bits per heavy atom. The van der Waals surface area contributed by atoms with Crippen molar-refractivity contribution in [2.45, 2.75) is 19.4 Å². The largest absolute Gasteiger partial charge is 0.455 e. The first-order valence-electron chi connectivity index (χ1n) is 7.67. The summed E-state index contributed by atoms with van der Waals surface area (Å²) in [7, 11) is 0. The maximum atomic E-state index is 12.0. The summed E-state index contributed by atoms with van der Waals surface area (Å²) in [5.41, 5.74) is 1.84. The molecule has 0 bridgehead atoms. The molecule has 0 saturated carbocycles. The molecule has 5 nitrogen and oxygen atoms in total. The Morgan fingerprint density at radius 3 is 2.88 bits per heavy atom. The van der Waals surface area contributed by atoms with Gasteiger partial charge >= 0.3 is 5.97 Å². The lowest BCUT2D eigenvalue weighted by atomic mass is 10.1. The molecule has 3 rings (SSSR count). The van der Waals surface area contributed by atoms with Crippen LogP contribution in [0.2, 0.25) is 0 Å². The standard InChI is InChI=1S/C18H18N2O3S/c1-12(16-7-4-8-24-16)20-17(21)11-23-18(22)9-13-10-19-15-6-3-2-5-14(13)15/h2-8,10,12,19H,9,11H2,1H3,(H,20,21)/t12-/m1/s1. The molecule has 124 valence electrons. The van der Waals surface area contributed by atoms with Crippen molar-refractivity contribution in [3.05, 3.63) is 58.4 Å². The number of ether oxygens (including phenoxy) is 1. The number of benzene rings is 1. The Morgan fingerprint density at radius 2 is 2.08 bits per heavy atom. The maximum absolute atomic E-state index is 12.0. The zero-order valence-corrected chi connectivity index (χ0v) is 14.1. The van der Waals surface area contributed by atoms with Gasteiger partial charge in [-0.05, 0) is 30.0 Å². The van der Waals surface area contributed by atoms with Crippen molar-refractivity contribution in [3.63, 3.8) is 0 Å². The Bertz CT molecular complexity index is 839. The fourth-order valence-corrected chi connectivity index (χ4v) is 3.26. The first kappa shape index (κ1) is 16.3. The molecule has 0 aliphatic carbocycles. The molecule has 1 atom stereocenters. The van der Waals surface area contributed by atoms with Crippen LogP contribution in [0.3, 0.4) is 0 Å². The van der Waals surface area contributed by atoms with Gasteiger partial charge in [0.2, 0.25) is 0 Å². The van der Waals surface area contributed by atoms with Gasteiger partial charge in [-0.3, -0.25) is 9.59 Å². The first-order valence-corrected chi connectivity index (χ1v) is 8.55. The molecule has 0 fully saturated rings. The van der Waals surface area contributed by atoms with Gasteiger partial charge in [-0.2, -0.15) is 0 Å². The molecule has 1 amide bonds. The number of para-hydroxylation sites is 1. The summed E-state index contributed by atoms with van der Waals surface area (Å²) in [6.45, 7) is 1.63. The molecule has 0 radical (unpaired) electrons. The van der Waals surface area contributed by atoms with Gasteiger partial charge in [0.05, 0.1) is 12.5 Å². The van der Waals surface area contributed by atoms with Crippen LogP contribution >= 0.6 is 11.3 Å². The highest BCUT2D eigenvalue weighted by molar-refractivity contribution is 7.10. The summed E-state index contributed by atoms with van der Waals surface area (Å²) >= 11 is 1.58. The highest BCUT2D eigenvalue weighted by atomic mass is 32.1. The van der Waals surface area contributed by atoms with Crippen LogP contribution in [0.25, 0.3) is 10.9 Å². The number of hydrogen-bond acceptors (Lipinski definition) is 4. The second-order valence-corrected chi connectivity index (χ2v) is 6.48. The maximum Gasteiger partial charge on any atom is 0.310 e. The van der Waals surface area contributed by atoms with Crippen LogP contribution in [0.1, 0.15) is 23.4 Å². The molecule has 2 aromatic heterocycles. The topological polar surface area (TPSA) is 71.2 Å². The predicted molar refractivity (Wildman–Crippen MR) is 93.8 cm³/mol. The predicted octanol–water partition coefficient (Wildman–Crippen LogP) is 3.19. The highest BCUT2D eigenvalue weighted by Gasteiger charge is 2.14. The molecule has 0 aliphatic heterocycles. The first-order chi connectivity index (χ1) is 11.6. The van der Waals surface area contributed by atoms with Gasteiger partial charge in [0.15, 0.2) is 6.61 Å². The summed E-state index contributed by atoms with van der Waals surface area (Å²) in [6.07, 6.45) is 1.93. The number of aromatic amines is 1. The van der Waals surface area contributed by atoms with Crippen molar-refractivity contribution < 1.29 is 14.3 Å². The zero-order chi connectivity index (χ0) is 16.9.